The van der Waals surface area contributed by atoms with Gasteiger partial charge in [-0.15, -0.1) is 0 Å². The number of aldehydes is 1. The van der Waals surface area contributed by atoms with Crippen LogP contribution >= 0.6 is 11.6 Å². The molecule has 0 unspecified atom stereocenters. The maximum absolute atomic E-state index is 12.8. The van der Waals surface area contributed by atoms with Crippen molar-refractivity contribution in [3.8, 4) is 0 Å². The van der Waals surface area contributed by atoms with Crippen molar-refractivity contribution in [2.75, 3.05) is 0 Å². The van der Waals surface area contributed by atoms with E-state index in [1.165, 1.54) is 18.2 Å². The molecule has 1 aromatic rings. The van der Waals surface area contributed by atoms with Crippen LogP contribution in [0.5, 0.6) is 0 Å². The molecule has 5 heteroatoms. The van der Waals surface area contributed by atoms with Crippen molar-refractivity contribution in [3.05, 3.63) is 34.3 Å². The third kappa shape index (κ3) is 2.38. The third-order valence-corrected chi connectivity index (χ3v) is 2.70. The molecule has 0 aliphatic rings. The average Bonchev–Trinajstić information content (AvgIpc) is 2.15. The van der Waals surface area contributed by atoms with Gasteiger partial charge in [0.1, 0.15) is 6.29 Å². The van der Waals surface area contributed by atoms with Gasteiger partial charge in [-0.3, -0.25) is 4.79 Å². The first-order chi connectivity index (χ1) is 7.18. The molecule has 0 heterocycles. The van der Waals surface area contributed by atoms with Crippen molar-refractivity contribution in [1.82, 2.24) is 0 Å². The molecule has 0 radical (unpaired) electrons. The molecule has 0 aliphatic heterocycles. The minimum absolute atomic E-state index is 0.0189. The van der Waals surface area contributed by atoms with Gasteiger partial charge < -0.3 is 0 Å². The quantitative estimate of drug-likeness (QED) is 0.726. The summed E-state index contributed by atoms with van der Waals surface area (Å²) in [6, 6.07) is 3.75. The molecule has 0 saturated carbocycles. The summed E-state index contributed by atoms with van der Waals surface area (Å²) in [7, 11) is 0. The van der Waals surface area contributed by atoms with Gasteiger partial charge in [0.15, 0.2) is 0 Å². The van der Waals surface area contributed by atoms with Gasteiger partial charge in [-0.2, -0.15) is 13.2 Å². The summed E-state index contributed by atoms with van der Waals surface area (Å²) >= 11 is 5.66. The molecule has 0 amide bonds. The van der Waals surface area contributed by atoms with Crippen LogP contribution in [-0.2, 0) is 5.41 Å². The SMILES string of the molecule is CC(C)(c1cc(Cl)cc(C=O)c1)C(F)(F)F. The van der Waals surface area contributed by atoms with Gasteiger partial charge in [0, 0.05) is 10.6 Å². The molecule has 1 aromatic carbocycles. The second kappa shape index (κ2) is 4.09. The lowest BCUT2D eigenvalue weighted by molar-refractivity contribution is -0.180. The Morgan fingerprint density at radius 3 is 2.19 bits per heavy atom. The van der Waals surface area contributed by atoms with E-state index in [0.717, 1.165) is 13.8 Å². The first-order valence-corrected chi connectivity index (χ1v) is 4.89. The van der Waals surface area contributed by atoms with Gasteiger partial charge in [0.2, 0.25) is 0 Å². The zero-order valence-electron chi connectivity index (χ0n) is 8.73. The number of benzene rings is 1. The molecule has 1 rings (SSSR count). The van der Waals surface area contributed by atoms with Crippen molar-refractivity contribution in [3.63, 3.8) is 0 Å². The van der Waals surface area contributed by atoms with E-state index in [1.807, 2.05) is 0 Å². The van der Waals surface area contributed by atoms with Crippen LogP contribution in [0.4, 0.5) is 13.2 Å². The summed E-state index contributed by atoms with van der Waals surface area (Å²) in [5, 5.41) is 0.122. The van der Waals surface area contributed by atoms with Crippen molar-refractivity contribution in [2.45, 2.75) is 25.4 Å². The van der Waals surface area contributed by atoms with Gasteiger partial charge in [-0.05, 0) is 37.6 Å². The maximum atomic E-state index is 12.8. The highest BCUT2D eigenvalue weighted by molar-refractivity contribution is 6.30. The highest BCUT2D eigenvalue weighted by Gasteiger charge is 2.48. The van der Waals surface area contributed by atoms with E-state index in [0.29, 0.717) is 6.29 Å². The van der Waals surface area contributed by atoms with E-state index in [4.69, 9.17) is 11.6 Å². The molecule has 0 aliphatic carbocycles. The number of hydrogen-bond donors (Lipinski definition) is 0. The number of rotatable bonds is 2. The van der Waals surface area contributed by atoms with Crippen molar-refractivity contribution < 1.29 is 18.0 Å². The monoisotopic (exact) mass is 250 g/mol. The minimum Gasteiger partial charge on any atom is -0.298 e. The second-order valence-electron chi connectivity index (χ2n) is 4.01. The van der Waals surface area contributed by atoms with Crippen LogP contribution < -0.4 is 0 Å². The Morgan fingerprint density at radius 1 is 1.19 bits per heavy atom. The van der Waals surface area contributed by atoms with Gasteiger partial charge in [-0.1, -0.05) is 11.6 Å². The lowest BCUT2D eigenvalue weighted by atomic mass is 9.83. The number of alkyl halides is 3. The molecule has 0 aromatic heterocycles. The highest BCUT2D eigenvalue weighted by atomic mass is 35.5. The van der Waals surface area contributed by atoms with E-state index in [2.05, 4.69) is 0 Å². The molecule has 0 atom stereocenters. The van der Waals surface area contributed by atoms with Crippen molar-refractivity contribution in [1.29, 1.82) is 0 Å². The molecular formula is C11H10ClF3O. The van der Waals surface area contributed by atoms with E-state index >= 15 is 0 Å². The Bertz CT molecular complexity index is 410. The molecular weight excluding hydrogens is 241 g/mol. The smallest absolute Gasteiger partial charge is 0.298 e. The molecule has 88 valence electrons. The Hall–Kier alpha value is -1.03. The molecule has 16 heavy (non-hydrogen) atoms. The van der Waals surface area contributed by atoms with Crippen molar-refractivity contribution >= 4 is 17.9 Å². The van der Waals surface area contributed by atoms with Crippen LogP contribution in [0, 0.1) is 0 Å². The number of carbonyl (C=O) groups excluding carboxylic acids is 1. The predicted octanol–water partition coefficient (Wildman–Crippen LogP) is 3.99. The topological polar surface area (TPSA) is 17.1 Å². The Kier molecular flexibility index (Phi) is 3.33. The summed E-state index contributed by atoms with van der Waals surface area (Å²) in [6.07, 6.45) is -3.92. The highest BCUT2D eigenvalue weighted by Crippen LogP contribution is 2.41. The zero-order valence-corrected chi connectivity index (χ0v) is 9.49. The van der Waals surface area contributed by atoms with Crippen LogP contribution in [0.25, 0.3) is 0 Å². The van der Waals surface area contributed by atoms with Gasteiger partial charge in [0.25, 0.3) is 0 Å². The Balaban J connectivity index is 3.33. The first-order valence-electron chi connectivity index (χ1n) is 4.51. The average molecular weight is 251 g/mol. The van der Waals surface area contributed by atoms with Crippen LogP contribution in [0.1, 0.15) is 29.8 Å². The molecule has 0 spiro atoms. The summed E-state index contributed by atoms with van der Waals surface area (Å²) in [5.41, 5.74) is -1.91. The van der Waals surface area contributed by atoms with Crippen LogP contribution in [0.15, 0.2) is 18.2 Å². The van der Waals surface area contributed by atoms with Crippen LogP contribution in [0.3, 0.4) is 0 Å². The Morgan fingerprint density at radius 2 is 1.75 bits per heavy atom. The van der Waals surface area contributed by atoms with Crippen molar-refractivity contribution in [2.24, 2.45) is 0 Å². The second-order valence-corrected chi connectivity index (χ2v) is 4.45. The lowest BCUT2D eigenvalue weighted by Gasteiger charge is -2.28. The minimum atomic E-state index is -4.39. The fourth-order valence-corrected chi connectivity index (χ4v) is 1.45. The fourth-order valence-electron chi connectivity index (χ4n) is 1.20. The number of carbonyl (C=O) groups is 1. The summed E-state index contributed by atoms with van der Waals surface area (Å²) in [4.78, 5) is 10.5. The zero-order chi connectivity index (χ0) is 12.6. The summed E-state index contributed by atoms with van der Waals surface area (Å²) < 4.78 is 38.3. The lowest BCUT2D eigenvalue weighted by Crippen LogP contribution is -2.36. The standard InChI is InChI=1S/C11H10ClF3O/c1-10(2,11(13,14)15)8-3-7(6-16)4-9(12)5-8/h3-6H,1-2H3. The largest absolute Gasteiger partial charge is 0.397 e. The van der Waals surface area contributed by atoms with E-state index < -0.39 is 11.6 Å². The van der Waals surface area contributed by atoms with E-state index in [1.54, 1.807) is 0 Å². The molecule has 0 fully saturated rings. The predicted molar refractivity (Wildman–Crippen MR) is 55.9 cm³/mol. The number of halogens is 4. The normalized spacial score (nSPS) is 12.6. The molecule has 1 nitrogen and oxygen atoms in total. The maximum Gasteiger partial charge on any atom is 0.397 e. The molecule has 0 saturated heterocycles. The number of hydrogen-bond acceptors (Lipinski definition) is 1. The van der Waals surface area contributed by atoms with E-state index in [-0.39, 0.29) is 16.1 Å². The summed E-state index contributed by atoms with van der Waals surface area (Å²) in [6.45, 7) is 2.10. The third-order valence-electron chi connectivity index (χ3n) is 2.49. The van der Waals surface area contributed by atoms with Gasteiger partial charge in [-0.25, -0.2) is 0 Å². The van der Waals surface area contributed by atoms with Crippen LogP contribution in [0.2, 0.25) is 5.02 Å². The first kappa shape index (κ1) is 13.0. The van der Waals surface area contributed by atoms with Crippen LogP contribution in [-0.4, -0.2) is 12.5 Å². The van der Waals surface area contributed by atoms with Gasteiger partial charge in [0.05, 0.1) is 5.41 Å². The molecule has 0 bridgehead atoms. The Labute approximate surface area is 96.2 Å². The van der Waals surface area contributed by atoms with Gasteiger partial charge >= 0.3 is 6.18 Å². The summed E-state index contributed by atoms with van der Waals surface area (Å²) in [5.74, 6) is 0. The fraction of sp³-hybridized carbons (Fsp3) is 0.364. The molecule has 0 N–H and O–H groups in total. The van der Waals surface area contributed by atoms with E-state index in [9.17, 15) is 18.0 Å².